The number of nitrogens with zero attached hydrogens (tertiary/aromatic N) is 1. The first-order chi connectivity index (χ1) is 9.29. The Hall–Kier alpha value is -1.39. The molecule has 1 aliphatic rings. The van der Waals surface area contributed by atoms with Crippen LogP contribution in [-0.4, -0.2) is 37.1 Å². The molecule has 1 fully saturated rings. The summed E-state index contributed by atoms with van der Waals surface area (Å²) >= 11 is 0. The molecule has 0 aromatic heterocycles. The van der Waals surface area contributed by atoms with Crippen LogP contribution in [0.25, 0.3) is 0 Å². The highest BCUT2D eigenvalue weighted by atomic mass is 16.2. The molecule has 0 unspecified atom stereocenters. The van der Waals surface area contributed by atoms with Crippen molar-refractivity contribution in [1.29, 1.82) is 0 Å². The molecular formula is C15H23N3O. The summed E-state index contributed by atoms with van der Waals surface area (Å²) in [4.78, 5) is 12.2. The number of piperidine rings is 1. The average molecular weight is 261 g/mol. The number of carbonyl (C=O) groups excluding carboxylic acids is 1. The highest BCUT2D eigenvalue weighted by Gasteiger charge is 2.20. The summed E-state index contributed by atoms with van der Waals surface area (Å²) in [6.45, 7) is 1.93. The van der Waals surface area contributed by atoms with Gasteiger partial charge >= 0.3 is 0 Å². The molecular weight excluding hydrogens is 238 g/mol. The second-order valence-corrected chi connectivity index (χ2v) is 5.05. The molecule has 1 aromatic rings. The molecule has 0 spiro atoms. The number of hydrogen-bond acceptors (Lipinski definition) is 3. The zero-order valence-corrected chi connectivity index (χ0v) is 11.6. The summed E-state index contributed by atoms with van der Waals surface area (Å²) in [6, 6.07) is 9.93. The lowest BCUT2D eigenvalue weighted by Gasteiger charge is -2.28. The van der Waals surface area contributed by atoms with Crippen LogP contribution >= 0.6 is 0 Å². The smallest absolute Gasteiger partial charge is 0.251 e. The molecule has 0 bridgehead atoms. The van der Waals surface area contributed by atoms with Crippen molar-refractivity contribution in [3.8, 4) is 0 Å². The number of benzene rings is 1. The van der Waals surface area contributed by atoms with Crippen LogP contribution in [0.1, 0.15) is 24.8 Å². The van der Waals surface area contributed by atoms with Gasteiger partial charge < -0.3 is 5.32 Å². The zero-order valence-electron chi connectivity index (χ0n) is 11.6. The fraction of sp³-hybridized carbons (Fsp3) is 0.533. The Bertz CT molecular complexity index is 388. The Morgan fingerprint density at radius 1 is 1.21 bits per heavy atom. The van der Waals surface area contributed by atoms with E-state index in [0.717, 1.165) is 19.5 Å². The summed E-state index contributed by atoms with van der Waals surface area (Å²) < 4.78 is 0. The minimum atomic E-state index is -0.177. The van der Waals surface area contributed by atoms with Gasteiger partial charge in [0.15, 0.2) is 0 Å². The lowest BCUT2D eigenvalue weighted by Crippen LogP contribution is -2.52. The first-order valence-corrected chi connectivity index (χ1v) is 7.06. The minimum Gasteiger partial charge on any atom is -0.309 e. The molecule has 0 radical (unpaired) electrons. The van der Waals surface area contributed by atoms with E-state index in [0.29, 0.717) is 0 Å². The van der Waals surface area contributed by atoms with E-state index in [1.165, 1.54) is 24.8 Å². The predicted octanol–water partition coefficient (Wildman–Crippen LogP) is 1.33. The number of hydrazine groups is 1. The number of hydrogen-bond donors (Lipinski definition) is 2. The second-order valence-electron chi connectivity index (χ2n) is 5.05. The second kappa shape index (κ2) is 7.26. The lowest BCUT2D eigenvalue weighted by molar-refractivity contribution is -0.128. The van der Waals surface area contributed by atoms with Crippen molar-refractivity contribution in [2.45, 2.75) is 31.7 Å². The quantitative estimate of drug-likeness (QED) is 0.840. The maximum absolute atomic E-state index is 12.2. The Morgan fingerprint density at radius 3 is 2.53 bits per heavy atom. The first kappa shape index (κ1) is 14.0. The van der Waals surface area contributed by atoms with E-state index in [1.54, 1.807) is 0 Å². The molecule has 0 saturated carbocycles. The summed E-state index contributed by atoms with van der Waals surface area (Å²) in [5.41, 5.74) is 4.20. The number of carbonyl (C=O) groups is 1. The van der Waals surface area contributed by atoms with Crippen LogP contribution in [0.5, 0.6) is 0 Å². The van der Waals surface area contributed by atoms with Crippen molar-refractivity contribution >= 4 is 5.91 Å². The van der Waals surface area contributed by atoms with Gasteiger partial charge in [-0.05, 0) is 31.9 Å². The van der Waals surface area contributed by atoms with Crippen molar-refractivity contribution in [3.05, 3.63) is 35.9 Å². The van der Waals surface area contributed by atoms with Gasteiger partial charge in [0.1, 0.15) is 0 Å². The van der Waals surface area contributed by atoms with Gasteiger partial charge in [0.2, 0.25) is 0 Å². The lowest BCUT2D eigenvalue weighted by atomic mass is 10.1. The van der Waals surface area contributed by atoms with E-state index in [4.69, 9.17) is 0 Å². The Morgan fingerprint density at radius 2 is 1.89 bits per heavy atom. The highest BCUT2D eigenvalue weighted by Crippen LogP contribution is 2.07. The maximum atomic E-state index is 12.2. The van der Waals surface area contributed by atoms with Gasteiger partial charge in [-0.2, -0.15) is 0 Å². The number of amides is 1. The molecule has 4 nitrogen and oxygen atoms in total. The average Bonchev–Trinajstić information content (AvgIpc) is 2.47. The Labute approximate surface area is 115 Å². The molecule has 1 amide bonds. The standard InChI is InChI=1S/C15H23N3O/c1-16-14(12-13-8-4-2-5-9-13)15(19)17-18-10-6-3-7-11-18/h2,4-5,8-9,14,16H,3,6-7,10-12H2,1H3,(H,17,19)/t14-/m1/s1. The summed E-state index contributed by atoms with van der Waals surface area (Å²) in [5, 5.41) is 5.14. The zero-order chi connectivity index (χ0) is 13.5. The third-order valence-electron chi connectivity index (χ3n) is 3.57. The third-order valence-corrected chi connectivity index (χ3v) is 3.57. The van der Waals surface area contributed by atoms with Crippen molar-refractivity contribution in [2.24, 2.45) is 0 Å². The van der Waals surface area contributed by atoms with Crippen molar-refractivity contribution in [2.75, 3.05) is 20.1 Å². The van der Waals surface area contributed by atoms with Gasteiger partial charge in [-0.1, -0.05) is 36.8 Å². The maximum Gasteiger partial charge on any atom is 0.251 e. The molecule has 1 heterocycles. The molecule has 2 N–H and O–H groups in total. The molecule has 1 saturated heterocycles. The molecule has 19 heavy (non-hydrogen) atoms. The van der Waals surface area contributed by atoms with Crippen LogP contribution < -0.4 is 10.7 Å². The first-order valence-electron chi connectivity index (χ1n) is 7.06. The highest BCUT2D eigenvalue weighted by molar-refractivity contribution is 5.81. The fourth-order valence-electron chi connectivity index (χ4n) is 2.42. The molecule has 1 atom stereocenters. The summed E-state index contributed by atoms with van der Waals surface area (Å²) in [5.74, 6) is 0.0632. The van der Waals surface area contributed by atoms with E-state index in [-0.39, 0.29) is 11.9 Å². The van der Waals surface area contributed by atoms with Gasteiger partial charge in [-0.25, -0.2) is 5.01 Å². The topological polar surface area (TPSA) is 44.4 Å². The van der Waals surface area contributed by atoms with E-state index in [9.17, 15) is 4.79 Å². The van der Waals surface area contributed by atoms with Crippen LogP contribution in [-0.2, 0) is 11.2 Å². The van der Waals surface area contributed by atoms with Crippen LogP contribution in [0.2, 0.25) is 0 Å². The van der Waals surface area contributed by atoms with E-state index in [1.807, 2.05) is 30.3 Å². The van der Waals surface area contributed by atoms with Crippen LogP contribution in [0.15, 0.2) is 30.3 Å². The van der Waals surface area contributed by atoms with E-state index in [2.05, 4.69) is 22.9 Å². The fourth-order valence-corrected chi connectivity index (χ4v) is 2.42. The van der Waals surface area contributed by atoms with Crippen LogP contribution in [0, 0.1) is 0 Å². The molecule has 0 aliphatic carbocycles. The van der Waals surface area contributed by atoms with Crippen molar-refractivity contribution in [3.63, 3.8) is 0 Å². The summed E-state index contributed by atoms with van der Waals surface area (Å²) in [7, 11) is 1.84. The minimum absolute atomic E-state index is 0.0632. The van der Waals surface area contributed by atoms with Gasteiger partial charge in [0.25, 0.3) is 5.91 Å². The predicted molar refractivity (Wildman–Crippen MR) is 76.6 cm³/mol. The molecule has 1 aliphatic heterocycles. The van der Waals surface area contributed by atoms with Gasteiger partial charge in [0.05, 0.1) is 6.04 Å². The van der Waals surface area contributed by atoms with Crippen LogP contribution in [0.4, 0.5) is 0 Å². The Balaban J connectivity index is 1.87. The summed E-state index contributed by atoms with van der Waals surface area (Å²) in [6.07, 6.45) is 4.33. The van der Waals surface area contributed by atoms with Crippen LogP contribution in [0.3, 0.4) is 0 Å². The SMILES string of the molecule is CN[C@H](Cc1ccccc1)C(=O)NN1CCCCC1. The Kier molecular flexibility index (Phi) is 5.36. The molecule has 4 heteroatoms. The van der Waals surface area contributed by atoms with Crippen molar-refractivity contribution in [1.82, 2.24) is 15.8 Å². The van der Waals surface area contributed by atoms with E-state index >= 15 is 0 Å². The monoisotopic (exact) mass is 261 g/mol. The van der Waals surface area contributed by atoms with Crippen molar-refractivity contribution < 1.29 is 4.79 Å². The third kappa shape index (κ3) is 4.33. The van der Waals surface area contributed by atoms with Gasteiger partial charge in [-0.15, -0.1) is 0 Å². The number of nitrogens with one attached hydrogen (secondary N) is 2. The number of rotatable bonds is 5. The van der Waals surface area contributed by atoms with Gasteiger partial charge in [0, 0.05) is 13.1 Å². The number of likely N-dealkylation sites (N-methyl/N-ethyl adjacent to an activating group) is 1. The molecule has 2 rings (SSSR count). The normalized spacial score (nSPS) is 17.9. The largest absolute Gasteiger partial charge is 0.309 e. The molecule has 1 aromatic carbocycles. The van der Waals surface area contributed by atoms with Gasteiger partial charge in [-0.3, -0.25) is 10.2 Å². The molecule has 104 valence electrons. The van der Waals surface area contributed by atoms with E-state index < -0.39 is 0 Å².